The summed E-state index contributed by atoms with van der Waals surface area (Å²) in [5.74, 6) is 0.581. The lowest BCUT2D eigenvalue weighted by atomic mass is 10.4. The highest BCUT2D eigenvalue weighted by molar-refractivity contribution is 6.75. The summed E-state index contributed by atoms with van der Waals surface area (Å²) in [6, 6.07) is 9.91. The van der Waals surface area contributed by atoms with Gasteiger partial charge in [0.15, 0.2) is 0 Å². The Morgan fingerprint density at radius 2 is 1.61 bits per heavy atom. The van der Waals surface area contributed by atoms with E-state index in [9.17, 15) is 0 Å². The number of hydrogen-bond acceptors (Lipinski definition) is 3. The van der Waals surface area contributed by atoms with Crippen LogP contribution in [-0.2, 0) is 13.3 Å². The first-order valence-corrected chi connectivity index (χ1v) is 8.58. The van der Waals surface area contributed by atoms with E-state index in [1.54, 1.807) is 0 Å². The fraction of sp³-hybridized carbons (Fsp3) is 0.538. The molecule has 0 amide bonds. The quantitative estimate of drug-likeness (QED) is 0.397. The fourth-order valence-corrected chi connectivity index (χ4v) is 4.29. The van der Waals surface area contributed by atoms with E-state index in [1.165, 1.54) is 0 Å². The molecule has 0 N–H and O–H groups in total. The lowest BCUT2D eigenvalue weighted by Gasteiger charge is -2.29. The van der Waals surface area contributed by atoms with Crippen molar-refractivity contribution < 1.29 is 13.3 Å². The van der Waals surface area contributed by atoms with Crippen molar-refractivity contribution in [3.8, 4) is 0 Å². The van der Waals surface area contributed by atoms with E-state index >= 15 is 0 Å². The second-order valence-electron chi connectivity index (χ2n) is 3.68. The predicted octanol–water partition coefficient (Wildman–Crippen LogP) is 2.55. The lowest BCUT2D eigenvalue weighted by Crippen LogP contribution is -2.57. The van der Waals surface area contributed by atoms with Gasteiger partial charge >= 0.3 is 8.80 Å². The van der Waals surface area contributed by atoms with E-state index < -0.39 is 8.80 Å². The average molecular weight is 289 g/mol. The molecule has 0 bridgehead atoms. The molecule has 0 aliphatic carbocycles. The molecule has 0 heterocycles. The third kappa shape index (κ3) is 4.37. The SMILES string of the molecule is CCO[Si](OCC)(OCCCCl)c1ccccc1. The molecule has 5 heteroatoms. The van der Waals surface area contributed by atoms with Crippen molar-refractivity contribution in [3.05, 3.63) is 30.3 Å². The van der Waals surface area contributed by atoms with E-state index in [2.05, 4.69) is 0 Å². The molecule has 1 rings (SSSR count). The van der Waals surface area contributed by atoms with Crippen molar-refractivity contribution in [2.75, 3.05) is 25.7 Å². The van der Waals surface area contributed by atoms with Gasteiger partial charge in [0, 0.05) is 30.9 Å². The highest BCUT2D eigenvalue weighted by Crippen LogP contribution is 2.11. The van der Waals surface area contributed by atoms with Crippen molar-refractivity contribution in [2.24, 2.45) is 0 Å². The molecule has 1 aromatic rings. The van der Waals surface area contributed by atoms with Crippen molar-refractivity contribution in [2.45, 2.75) is 20.3 Å². The van der Waals surface area contributed by atoms with Crippen LogP contribution in [0.5, 0.6) is 0 Å². The van der Waals surface area contributed by atoms with Gasteiger partial charge in [-0.1, -0.05) is 30.3 Å². The van der Waals surface area contributed by atoms with Gasteiger partial charge in [-0.05, 0) is 20.3 Å². The van der Waals surface area contributed by atoms with Gasteiger partial charge in [-0.25, -0.2) is 0 Å². The van der Waals surface area contributed by atoms with Crippen LogP contribution in [0.2, 0.25) is 0 Å². The summed E-state index contributed by atoms with van der Waals surface area (Å²) in [7, 11) is -2.77. The van der Waals surface area contributed by atoms with Crippen molar-refractivity contribution in [1.82, 2.24) is 0 Å². The second-order valence-corrected chi connectivity index (χ2v) is 6.61. The van der Waals surface area contributed by atoms with Crippen LogP contribution in [-0.4, -0.2) is 34.5 Å². The van der Waals surface area contributed by atoms with Crippen LogP contribution in [0.15, 0.2) is 30.3 Å². The van der Waals surface area contributed by atoms with Crippen LogP contribution in [0.25, 0.3) is 0 Å². The first-order valence-electron chi connectivity index (χ1n) is 6.32. The number of benzene rings is 1. The molecule has 0 spiro atoms. The minimum atomic E-state index is -2.77. The molecule has 0 atom stereocenters. The topological polar surface area (TPSA) is 27.7 Å². The standard InChI is InChI=1S/C13H21ClO3Si/c1-3-15-18(16-4-2,17-12-8-11-14)13-9-6-5-7-10-13/h5-7,9-10H,3-4,8,11-12H2,1-2H3. The molecular formula is C13H21ClO3Si. The van der Waals surface area contributed by atoms with Gasteiger partial charge in [-0.3, -0.25) is 0 Å². The van der Waals surface area contributed by atoms with Crippen LogP contribution < -0.4 is 5.19 Å². The van der Waals surface area contributed by atoms with Crippen LogP contribution in [0, 0.1) is 0 Å². The summed E-state index contributed by atoms with van der Waals surface area (Å²) < 4.78 is 17.7. The zero-order chi connectivity index (χ0) is 13.3. The highest BCUT2D eigenvalue weighted by atomic mass is 35.5. The van der Waals surface area contributed by atoms with Crippen LogP contribution in [0.1, 0.15) is 20.3 Å². The normalized spacial score (nSPS) is 11.7. The molecule has 0 radical (unpaired) electrons. The maximum absolute atomic E-state index is 5.95. The molecule has 0 aliphatic heterocycles. The molecule has 0 aromatic heterocycles. The van der Waals surface area contributed by atoms with E-state index in [0.717, 1.165) is 11.6 Å². The van der Waals surface area contributed by atoms with Gasteiger partial charge in [-0.15, -0.1) is 11.6 Å². The summed E-state index contributed by atoms with van der Waals surface area (Å²) in [5, 5.41) is 1.00. The fourth-order valence-electron chi connectivity index (χ4n) is 1.66. The maximum atomic E-state index is 5.95. The van der Waals surface area contributed by atoms with Gasteiger partial charge in [-0.2, -0.15) is 0 Å². The first-order chi connectivity index (χ1) is 8.79. The van der Waals surface area contributed by atoms with Crippen LogP contribution in [0.3, 0.4) is 0 Å². The first kappa shape index (κ1) is 15.7. The molecular weight excluding hydrogens is 268 g/mol. The lowest BCUT2D eigenvalue weighted by molar-refractivity contribution is 0.0817. The van der Waals surface area contributed by atoms with Crippen LogP contribution >= 0.6 is 11.6 Å². The molecule has 18 heavy (non-hydrogen) atoms. The molecule has 1 aromatic carbocycles. The Balaban J connectivity index is 2.89. The minimum Gasteiger partial charge on any atom is -0.370 e. The zero-order valence-corrected chi connectivity index (χ0v) is 12.8. The number of halogens is 1. The predicted molar refractivity (Wildman–Crippen MR) is 76.4 cm³/mol. The smallest absolute Gasteiger partial charge is 0.370 e. The van der Waals surface area contributed by atoms with Gasteiger partial charge < -0.3 is 13.3 Å². The summed E-state index contributed by atoms with van der Waals surface area (Å²) in [5.41, 5.74) is 0. The highest BCUT2D eigenvalue weighted by Gasteiger charge is 2.43. The summed E-state index contributed by atoms with van der Waals surface area (Å²) >= 11 is 5.68. The molecule has 0 saturated carbocycles. The molecule has 102 valence electrons. The largest absolute Gasteiger partial charge is 0.537 e. The Hall–Kier alpha value is -0.393. The molecule has 0 unspecified atom stereocenters. The van der Waals surface area contributed by atoms with E-state index in [0.29, 0.717) is 25.7 Å². The number of alkyl halides is 1. The van der Waals surface area contributed by atoms with E-state index in [1.807, 2.05) is 44.2 Å². The van der Waals surface area contributed by atoms with Crippen molar-refractivity contribution in [3.63, 3.8) is 0 Å². The summed E-state index contributed by atoms with van der Waals surface area (Å²) in [4.78, 5) is 0. The minimum absolute atomic E-state index is 0.560. The third-order valence-electron chi connectivity index (χ3n) is 2.37. The van der Waals surface area contributed by atoms with Gasteiger partial charge in [0.25, 0.3) is 0 Å². The van der Waals surface area contributed by atoms with Gasteiger partial charge in [0.2, 0.25) is 0 Å². The Labute approximate surface area is 115 Å². The molecule has 0 fully saturated rings. The Morgan fingerprint density at radius 1 is 1.00 bits per heavy atom. The third-order valence-corrected chi connectivity index (χ3v) is 5.60. The van der Waals surface area contributed by atoms with Crippen molar-refractivity contribution >= 4 is 25.6 Å². The monoisotopic (exact) mass is 288 g/mol. The summed E-state index contributed by atoms with van der Waals surface area (Å²) in [6.45, 7) is 5.61. The Kier molecular flexibility index (Phi) is 7.54. The molecule has 0 aliphatic rings. The Bertz CT molecular complexity index is 315. The van der Waals surface area contributed by atoms with Gasteiger partial charge in [0.05, 0.1) is 0 Å². The van der Waals surface area contributed by atoms with Gasteiger partial charge in [0.1, 0.15) is 0 Å². The molecule has 3 nitrogen and oxygen atoms in total. The maximum Gasteiger partial charge on any atom is 0.537 e. The average Bonchev–Trinajstić information content (AvgIpc) is 2.40. The molecule has 0 saturated heterocycles. The summed E-state index contributed by atoms with van der Waals surface area (Å²) in [6.07, 6.45) is 0.795. The van der Waals surface area contributed by atoms with Crippen LogP contribution in [0.4, 0.5) is 0 Å². The number of rotatable bonds is 9. The Morgan fingerprint density at radius 3 is 2.11 bits per heavy atom. The zero-order valence-electron chi connectivity index (χ0n) is 11.0. The van der Waals surface area contributed by atoms with Crippen molar-refractivity contribution in [1.29, 1.82) is 0 Å². The van der Waals surface area contributed by atoms with E-state index in [4.69, 9.17) is 24.9 Å². The number of hydrogen-bond donors (Lipinski definition) is 0. The van der Waals surface area contributed by atoms with E-state index in [-0.39, 0.29) is 0 Å². The second kappa shape index (κ2) is 8.66.